The number of methoxy groups -OCH3 is 1. The summed E-state index contributed by atoms with van der Waals surface area (Å²) in [4.78, 5) is 8.90. The van der Waals surface area contributed by atoms with Crippen LogP contribution in [0.3, 0.4) is 0 Å². The second-order valence-electron chi connectivity index (χ2n) is 7.51. The van der Waals surface area contributed by atoms with Gasteiger partial charge in [-0.15, -0.1) is 11.3 Å². The fourth-order valence-electron chi connectivity index (χ4n) is 3.74. The number of para-hydroxylation sites is 1. The molecule has 0 atom stereocenters. The number of guanidine groups is 1. The SMILES string of the molecule is CCNC(=NCC1CCN(Cc2cccs2)CC1)NCCc1ccccc1OC. The van der Waals surface area contributed by atoms with Crippen LogP contribution in [0.25, 0.3) is 0 Å². The van der Waals surface area contributed by atoms with Gasteiger partial charge in [0, 0.05) is 31.1 Å². The Kier molecular flexibility index (Phi) is 8.83. The second-order valence-corrected chi connectivity index (χ2v) is 8.54. The van der Waals surface area contributed by atoms with Crippen LogP contribution in [0.1, 0.15) is 30.2 Å². The molecule has 0 saturated carbocycles. The van der Waals surface area contributed by atoms with Gasteiger partial charge in [-0.25, -0.2) is 0 Å². The minimum Gasteiger partial charge on any atom is -0.496 e. The maximum absolute atomic E-state index is 5.44. The Hall–Kier alpha value is -2.05. The minimum atomic E-state index is 0.680. The Morgan fingerprint density at radius 1 is 1.17 bits per heavy atom. The van der Waals surface area contributed by atoms with Crippen molar-refractivity contribution in [2.24, 2.45) is 10.9 Å². The first-order chi connectivity index (χ1) is 14.3. The van der Waals surface area contributed by atoms with Gasteiger partial charge < -0.3 is 15.4 Å². The van der Waals surface area contributed by atoms with Crippen molar-refractivity contribution in [1.82, 2.24) is 15.5 Å². The van der Waals surface area contributed by atoms with Gasteiger partial charge in [-0.05, 0) is 68.3 Å². The molecule has 3 rings (SSSR count). The first kappa shape index (κ1) is 21.7. The first-order valence-corrected chi connectivity index (χ1v) is 11.5. The Morgan fingerprint density at radius 2 is 2.00 bits per heavy atom. The highest BCUT2D eigenvalue weighted by atomic mass is 32.1. The zero-order valence-corrected chi connectivity index (χ0v) is 18.5. The van der Waals surface area contributed by atoms with Crippen LogP contribution in [-0.2, 0) is 13.0 Å². The molecular formula is C23H34N4OS. The van der Waals surface area contributed by atoms with Crippen molar-refractivity contribution in [1.29, 1.82) is 0 Å². The number of aliphatic imine (C=N–C) groups is 1. The number of benzene rings is 1. The molecule has 1 fully saturated rings. The second kappa shape index (κ2) is 11.8. The maximum Gasteiger partial charge on any atom is 0.191 e. The summed E-state index contributed by atoms with van der Waals surface area (Å²) in [5, 5.41) is 9.01. The zero-order chi connectivity index (χ0) is 20.3. The molecule has 2 heterocycles. The summed E-state index contributed by atoms with van der Waals surface area (Å²) in [6.07, 6.45) is 3.38. The van der Waals surface area contributed by atoms with Gasteiger partial charge in [0.1, 0.15) is 5.75 Å². The molecule has 5 nitrogen and oxygen atoms in total. The molecule has 1 aliphatic heterocycles. The number of nitrogens with zero attached hydrogens (tertiary/aromatic N) is 2. The summed E-state index contributed by atoms with van der Waals surface area (Å²) in [5.41, 5.74) is 1.22. The smallest absolute Gasteiger partial charge is 0.191 e. The van der Waals surface area contributed by atoms with Crippen LogP contribution in [0.15, 0.2) is 46.8 Å². The third-order valence-corrected chi connectivity index (χ3v) is 6.26. The highest BCUT2D eigenvalue weighted by Crippen LogP contribution is 2.21. The van der Waals surface area contributed by atoms with Gasteiger partial charge in [0.2, 0.25) is 0 Å². The molecule has 1 aromatic heterocycles. The van der Waals surface area contributed by atoms with E-state index in [1.807, 2.05) is 23.5 Å². The highest BCUT2D eigenvalue weighted by molar-refractivity contribution is 7.09. The number of rotatable bonds is 9. The van der Waals surface area contributed by atoms with Crippen molar-refractivity contribution < 1.29 is 4.74 Å². The van der Waals surface area contributed by atoms with Crippen LogP contribution in [0.2, 0.25) is 0 Å². The van der Waals surface area contributed by atoms with Gasteiger partial charge in [-0.3, -0.25) is 9.89 Å². The van der Waals surface area contributed by atoms with E-state index < -0.39 is 0 Å². The summed E-state index contributed by atoms with van der Waals surface area (Å²) in [7, 11) is 1.73. The summed E-state index contributed by atoms with van der Waals surface area (Å²) in [6, 6.07) is 12.6. The molecule has 0 bridgehead atoms. The van der Waals surface area contributed by atoms with E-state index in [0.717, 1.165) is 44.3 Å². The predicted molar refractivity (Wildman–Crippen MR) is 123 cm³/mol. The van der Waals surface area contributed by atoms with Gasteiger partial charge in [-0.1, -0.05) is 24.3 Å². The third kappa shape index (κ3) is 7.05. The lowest BCUT2D eigenvalue weighted by Crippen LogP contribution is -2.39. The average molecular weight is 415 g/mol. The molecule has 1 saturated heterocycles. The number of nitrogens with one attached hydrogen (secondary N) is 2. The van der Waals surface area contributed by atoms with Gasteiger partial charge in [0.25, 0.3) is 0 Å². The molecule has 158 valence electrons. The molecule has 6 heteroatoms. The minimum absolute atomic E-state index is 0.680. The number of hydrogen-bond donors (Lipinski definition) is 2. The fourth-order valence-corrected chi connectivity index (χ4v) is 4.48. The summed E-state index contributed by atoms with van der Waals surface area (Å²) in [5.74, 6) is 2.55. The van der Waals surface area contributed by atoms with Gasteiger partial charge in [0.05, 0.1) is 7.11 Å². The zero-order valence-electron chi connectivity index (χ0n) is 17.7. The lowest BCUT2D eigenvalue weighted by atomic mass is 9.97. The van der Waals surface area contributed by atoms with Crippen molar-refractivity contribution in [3.05, 3.63) is 52.2 Å². The maximum atomic E-state index is 5.44. The van der Waals surface area contributed by atoms with Crippen molar-refractivity contribution in [3.63, 3.8) is 0 Å². The molecular weight excluding hydrogens is 380 g/mol. The van der Waals surface area contributed by atoms with E-state index in [0.29, 0.717) is 5.92 Å². The summed E-state index contributed by atoms with van der Waals surface area (Å²) < 4.78 is 5.44. The van der Waals surface area contributed by atoms with Gasteiger partial charge in [0.15, 0.2) is 5.96 Å². The largest absolute Gasteiger partial charge is 0.496 e. The van der Waals surface area contributed by atoms with Crippen LogP contribution in [0.4, 0.5) is 0 Å². The van der Waals surface area contributed by atoms with E-state index in [4.69, 9.17) is 9.73 Å². The lowest BCUT2D eigenvalue weighted by Gasteiger charge is -2.31. The normalized spacial score (nSPS) is 16.0. The molecule has 0 radical (unpaired) electrons. The summed E-state index contributed by atoms with van der Waals surface area (Å²) >= 11 is 1.86. The number of thiophene rings is 1. The van der Waals surface area contributed by atoms with Crippen molar-refractivity contribution >= 4 is 17.3 Å². The van der Waals surface area contributed by atoms with Crippen LogP contribution in [0, 0.1) is 5.92 Å². The fraction of sp³-hybridized carbons (Fsp3) is 0.522. The van der Waals surface area contributed by atoms with Crippen LogP contribution in [-0.4, -0.2) is 50.7 Å². The van der Waals surface area contributed by atoms with E-state index in [9.17, 15) is 0 Å². The van der Waals surface area contributed by atoms with Gasteiger partial charge in [-0.2, -0.15) is 0 Å². The monoisotopic (exact) mass is 414 g/mol. The quantitative estimate of drug-likeness (QED) is 0.484. The van der Waals surface area contributed by atoms with Crippen molar-refractivity contribution in [2.45, 2.75) is 32.7 Å². The molecule has 0 amide bonds. The van der Waals surface area contributed by atoms with Crippen LogP contribution in [0.5, 0.6) is 5.75 Å². The summed E-state index contributed by atoms with van der Waals surface area (Å²) in [6.45, 7) is 8.18. The topological polar surface area (TPSA) is 48.9 Å². The Morgan fingerprint density at radius 3 is 2.72 bits per heavy atom. The molecule has 2 aromatic rings. The molecule has 0 spiro atoms. The Balaban J connectivity index is 1.42. The van der Waals surface area contributed by atoms with E-state index in [1.54, 1.807) is 7.11 Å². The highest BCUT2D eigenvalue weighted by Gasteiger charge is 2.19. The lowest BCUT2D eigenvalue weighted by molar-refractivity contribution is 0.182. The van der Waals surface area contributed by atoms with Crippen molar-refractivity contribution in [2.75, 3.05) is 39.8 Å². The van der Waals surface area contributed by atoms with Crippen LogP contribution < -0.4 is 15.4 Å². The molecule has 1 aliphatic rings. The molecule has 0 unspecified atom stereocenters. The molecule has 2 N–H and O–H groups in total. The standard InChI is InChI=1S/C23H34N4OS/c1-3-24-23(25-13-10-20-7-4-5-9-22(20)28-2)26-17-19-11-14-27(15-12-19)18-21-8-6-16-29-21/h4-9,16,19H,3,10-15,17-18H2,1-2H3,(H2,24,25,26). The first-order valence-electron chi connectivity index (χ1n) is 10.7. The van der Waals surface area contributed by atoms with E-state index in [1.165, 1.54) is 36.4 Å². The van der Waals surface area contributed by atoms with E-state index >= 15 is 0 Å². The van der Waals surface area contributed by atoms with Gasteiger partial charge >= 0.3 is 0 Å². The van der Waals surface area contributed by atoms with Crippen LogP contribution >= 0.6 is 11.3 Å². The average Bonchev–Trinajstić information content (AvgIpc) is 3.26. The van der Waals surface area contributed by atoms with Crippen molar-refractivity contribution in [3.8, 4) is 5.75 Å². The number of piperidine rings is 1. The predicted octanol–water partition coefficient (Wildman–Crippen LogP) is 3.77. The molecule has 0 aliphatic carbocycles. The van der Waals surface area contributed by atoms with E-state index in [-0.39, 0.29) is 0 Å². The molecule has 1 aromatic carbocycles. The van der Waals surface area contributed by atoms with E-state index in [2.05, 4.69) is 52.1 Å². The Labute approximate surface area is 179 Å². The third-order valence-electron chi connectivity index (χ3n) is 5.40. The number of likely N-dealkylation sites (tertiary alicyclic amines) is 1. The Bertz CT molecular complexity index is 739. The number of hydrogen-bond acceptors (Lipinski definition) is 4. The number of ether oxygens (including phenoxy) is 1. The molecule has 29 heavy (non-hydrogen) atoms.